The molecule has 0 saturated carbocycles. The molecule has 0 aliphatic rings. The fourth-order valence-corrected chi connectivity index (χ4v) is 1.80. The van der Waals surface area contributed by atoms with Gasteiger partial charge in [0.2, 0.25) is 0 Å². The summed E-state index contributed by atoms with van der Waals surface area (Å²) in [5.41, 5.74) is -0.0751. The molecule has 0 atom stereocenters. The number of nitro benzene ring substituents is 1. The summed E-state index contributed by atoms with van der Waals surface area (Å²) in [5, 5.41) is 20.7. The lowest BCUT2D eigenvalue weighted by atomic mass is 10.0. The molecule has 0 spiro atoms. The van der Waals surface area contributed by atoms with E-state index in [0.717, 1.165) is 0 Å². The van der Waals surface area contributed by atoms with Crippen LogP contribution >= 0.6 is 0 Å². The Balaban J connectivity index is 2.78. The zero-order valence-electron chi connectivity index (χ0n) is 9.41. The number of non-ortho nitro benzene ring substituents is 1. The SMILES string of the molecule is COc1ccc2cc([N+](=O)[O-])ccc2c1C(=O)O. The summed E-state index contributed by atoms with van der Waals surface area (Å²) in [6.07, 6.45) is 0. The maximum Gasteiger partial charge on any atom is 0.340 e. The number of carboxylic acid groups (broad SMARTS) is 1. The number of nitro groups is 1. The van der Waals surface area contributed by atoms with Gasteiger partial charge in [-0.2, -0.15) is 0 Å². The van der Waals surface area contributed by atoms with Gasteiger partial charge in [-0.3, -0.25) is 10.1 Å². The van der Waals surface area contributed by atoms with Gasteiger partial charge >= 0.3 is 5.97 Å². The predicted molar refractivity (Wildman–Crippen MR) is 64.1 cm³/mol. The molecule has 0 aromatic heterocycles. The van der Waals surface area contributed by atoms with E-state index in [1.807, 2.05) is 0 Å². The number of nitrogens with zero attached hydrogens (tertiary/aromatic N) is 1. The second-order valence-corrected chi connectivity index (χ2v) is 3.61. The van der Waals surface area contributed by atoms with Crippen molar-refractivity contribution in [1.82, 2.24) is 0 Å². The summed E-state index contributed by atoms with van der Waals surface area (Å²) in [4.78, 5) is 21.3. The lowest BCUT2D eigenvalue weighted by Gasteiger charge is -2.08. The summed E-state index contributed by atoms with van der Waals surface area (Å²) in [6.45, 7) is 0. The Morgan fingerprint density at radius 3 is 2.61 bits per heavy atom. The first-order chi connectivity index (χ1) is 8.54. The van der Waals surface area contributed by atoms with Gasteiger partial charge < -0.3 is 9.84 Å². The van der Waals surface area contributed by atoms with Gasteiger partial charge in [0.15, 0.2) is 0 Å². The molecule has 0 amide bonds. The van der Waals surface area contributed by atoms with E-state index < -0.39 is 10.9 Å². The van der Waals surface area contributed by atoms with Gasteiger partial charge in [0.05, 0.1) is 12.0 Å². The number of hydrogen-bond acceptors (Lipinski definition) is 4. The van der Waals surface area contributed by atoms with Crippen LogP contribution in [0.15, 0.2) is 30.3 Å². The molecule has 2 rings (SSSR count). The third-order valence-electron chi connectivity index (χ3n) is 2.61. The van der Waals surface area contributed by atoms with Crippen molar-refractivity contribution in [2.24, 2.45) is 0 Å². The van der Waals surface area contributed by atoms with E-state index in [1.165, 1.54) is 31.4 Å². The Morgan fingerprint density at radius 2 is 2.06 bits per heavy atom. The number of ether oxygens (including phenoxy) is 1. The van der Waals surface area contributed by atoms with E-state index in [4.69, 9.17) is 9.84 Å². The van der Waals surface area contributed by atoms with E-state index in [2.05, 4.69) is 0 Å². The highest BCUT2D eigenvalue weighted by atomic mass is 16.6. The lowest BCUT2D eigenvalue weighted by molar-refractivity contribution is -0.384. The first-order valence-electron chi connectivity index (χ1n) is 5.03. The molecule has 18 heavy (non-hydrogen) atoms. The van der Waals surface area contributed by atoms with Crippen LogP contribution in [0.3, 0.4) is 0 Å². The summed E-state index contributed by atoms with van der Waals surface area (Å²) in [6, 6.07) is 7.10. The van der Waals surface area contributed by atoms with Crippen molar-refractivity contribution in [3.05, 3.63) is 46.0 Å². The molecular formula is C12H9NO5. The highest BCUT2D eigenvalue weighted by Crippen LogP contribution is 2.30. The second-order valence-electron chi connectivity index (χ2n) is 3.61. The molecule has 6 heteroatoms. The van der Waals surface area contributed by atoms with Crippen LogP contribution < -0.4 is 4.74 Å². The zero-order valence-corrected chi connectivity index (χ0v) is 9.41. The van der Waals surface area contributed by atoms with E-state index in [-0.39, 0.29) is 17.0 Å². The van der Waals surface area contributed by atoms with E-state index in [0.29, 0.717) is 10.8 Å². The van der Waals surface area contributed by atoms with Gasteiger partial charge in [-0.1, -0.05) is 6.07 Å². The number of benzene rings is 2. The highest BCUT2D eigenvalue weighted by molar-refractivity contribution is 6.06. The molecule has 0 aliphatic heterocycles. The van der Waals surface area contributed by atoms with Crippen LogP contribution in [-0.4, -0.2) is 23.1 Å². The number of aromatic carboxylic acids is 1. The minimum Gasteiger partial charge on any atom is -0.496 e. The first kappa shape index (κ1) is 11.8. The normalized spacial score (nSPS) is 10.3. The molecule has 1 N–H and O–H groups in total. The average molecular weight is 247 g/mol. The highest BCUT2D eigenvalue weighted by Gasteiger charge is 2.17. The smallest absolute Gasteiger partial charge is 0.340 e. The van der Waals surface area contributed by atoms with Crippen molar-refractivity contribution >= 4 is 22.4 Å². The van der Waals surface area contributed by atoms with Crippen LogP contribution in [0.1, 0.15) is 10.4 Å². The molecule has 2 aromatic carbocycles. The maximum atomic E-state index is 11.2. The number of rotatable bonds is 3. The summed E-state index contributed by atoms with van der Waals surface area (Å²) >= 11 is 0. The fourth-order valence-electron chi connectivity index (χ4n) is 1.80. The third kappa shape index (κ3) is 1.84. The van der Waals surface area contributed by atoms with Crippen LogP contribution in [0, 0.1) is 10.1 Å². The van der Waals surface area contributed by atoms with Gasteiger partial charge in [-0.15, -0.1) is 0 Å². The first-order valence-corrected chi connectivity index (χ1v) is 5.03. The maximum absolute atomic E-state index is 11.2. The van der Waals surface area contributed by atoms with Crippen LogP contribution in [0.25, 0.3) is 10.8 Å². The van der Waals surface area contributed by atoms with Crippen molar-refractivity contribution in [3.63, 3.8) is 0 Å². The van der Waals surface area contributed by atoms with E-state index in [9.17, 15) is 14.9 Å². The monoisotopic (exact) mass is 247 g/mol. The fraction of sp³-hybridized carbons (Fsp3) is 0.0833. The number of hydrogen-bond donors (Lipinski definition) is 1. The summed E-state index contributed by atoms with van der Waals surface area (Å²) in [7, 11) is 1.37. The molecule has 92 valence electrons. The van der Waals surface area contributed by atoms with Crippen molar-refractivity contribution in [2.75, 3.05) is 7.11 Å². The standard InChI is InChI=1S/C12H9NO5/c1-18-10-5-2-7-6-8(13(16)17)3-4-9(7)11(10)12(14)15/h2-6H,1H3,(H,14,15). The molecular weight excluding hydrogens is 238 g/mol. The Labute approximate surface area is 102 Å². The van der Waals surface area contributed by atoms with Crippen LogP contribution in [0.2, 0.25) is 0 Å². The second kappa shape index (κ2) is 4.33. The van der Waals surface area contributed by atoms with E-state index >= 15 is 0 Å². The van der Waals surface area contributed by atoms with Gasteiger partial charge in [0.25, 0.3) is 5.69 Å². The Kier molecular flexibility index (Phi) is 2.85. The predicted octanol–water partition coefficient (Wildman–Crippen LogP) is 2.45. The van der Waals surface area contributed by atoms with Gasteiger partial charge in [0.1, 0.15) is 11.3 Å². The average Bonchev–Trinajstić information content (AvgIpc) is 2.36. The Morgan fingerprint density at radius 1 is 1.33 bits per heavy atom. The molecule has 0 fully saturated rings. The molecule has 0 saturated heterocycles. The molecule has 6 nitrogen and oxygen atoms in total. The Hall–Kier alpha value is -2.63. The Bertz CT molecular complexity index is 650. The molecule has 0 radical (unpaired) electrons. The summed E-state index contributed by atoms with van der Waals surface area (Å²) < 4.78 is 4.98. The minimum absolute atomic E-state index is 0.00454. The third-order valence-corrected chi connectivity index (χ3v) is 2.61. The summed E-state index contributed by atoms with van der Waals surface area (Å²) in [5.74, 6) is -0.907. The molecule has 0 heterocycles. The quantitative estimate of drug-likeness (QED) is 0.664. The molecule has 2 aromatic rings. The largest absolute Gasteiger partial charge is 0.496 e. The van der Waals surface area contributed by atoms with Crippen molar-refractivity contribution in [1.29, 1.82) is 0 Å². The van der Waals surface area contributed by atoms with E-state index in [1.54, 1.807) is 6.07 Å². The van der Waals surface area contributed by atoms with Crippen molar-refractivity contribution < 1.29 is 19.6 Å². The van der Waals surface area contributed by atoms with Gasteiger partial charge in [-0.25, -0.2) is 4.79 Å². The number of methoxy groups -OCH3 is 1. The topological polar surface area (TPSA) is 89.7 Å². The lowest BCUT2D eigenvalue weighted by Crippen LogP contribution is -2.01. The van der Waals surface area contributed by atoms with Gasteiger partial charge in [-0.05, 0) is 17.5 Å². The van der Waals surface area contributed by atoms with Gasteiger partial charge in [0, 0.05) is 17.5 Å². The number of carbonyl (C=O) groups is 1. The molecule has 0 bridgehead atoms. The number of fused-ring (bicyclic) bond motifs is 1. The van der Waals surface area contributed by atoms with Crippen LogP contribution in [-0.2, 0) is 0 Å². The molecule has 0 unspecified atom stereocenters. The van der Waals surface area contributed by atoms with Crippen LogP contribution in [0.5, 0.6) is 5.75 Å². The van der Waals surface area contributed by atoms with Crippen molar-refractivity contribution in [3.8, 4) is 5.75 Å². The zero-order chi connectivity index (χ0) is 13.3. The van der Waals surface area contributed by atoms with Crippen molar-refractivity contribution in [2.45, 2.75) is 0 Å². The number of carboxylic acids is 1. The molecule has 0 aliphatic carbocycles. The van der Waals surface area contributed by atoms with Crippen LogP contribution in [0.4, 0.5) is 5.69 Å². The minimum atomic E-state index is -1.13.